The Morgan fingerprint density at radius 2 is 1.69 bits per heavy atom. The Hall–Kier alpha value is -3.17. The number of carbonyl (C=O) groups is 1. The maximum atomic E-state index is 12.1. The number of phenols is 3. The summed E-state index contributed by atoms with van der Waals surface area (Å²) in [6, 6.07) is 6.30. The van der Waals surface area contributed by atoms with Gasteiger partial charge in [-0.2, -0.15) is 0 Å². The second kappa shape index (κ2) is 11.9. The van der Waals surface area contributed by atoms with E-state index in [0.29, 0.717) is 6.42 Å². The normalized spacial score (nSPS) is 30.2. The predicted octanol–water partition coefficient (Wildman–Crippen LogP) is -0.824. The third kappa shape index (κ3) is 6.04. The molecule has 13 heteroatoms. The first kappa shape index (κ1) is 28.8. The topological polar surface area (TPSA) is 221 Å². The van der Waals surface area contributed by atoms with Crippen molar-refractivity contribution in [1.29, 1.82) is 0 Å². The summed E-state index contributed by atoms with van der Waals surface area (Å²) < 4.78 is 11.2. The summed E-state index contributed by atoms with van der Waals surface area (Å²) in [7, 11) is 0. The number of aliphatic hydroxyl groups excluding tert-OH is 5. The third-order valence-corrected chi connectivity index (χ3v) is 7.23. The lowest BCUT2D eigenvalue weighted by atomic mass is 9.94. The Morgan fingerprint density at radius 3 is 2.33 bits per heavy atom. The molecule has 0 radical (unpaired) electrons. The Labute approximate surface area is 223 Å². The van der Waals surface area contributed by atoms with Crippen molar-refractivity contribution in [3.05, 3.63) is 47.5 Å². The number of ether oxygens (including phenoxy) is 2. The van der Waals surface area contributed by atoms with Gasteiger partial charge in [0, 0.05) is 24.7 Å². The van der Waals surface area contributed by atoms with Gasteiger partial charge in [0.25, 0.3) is 0 Å². The van der Waals surface area contributed by atoms with Crippen molar-refractivity contribution in [1.82, 2.24) is 4.90 Å². The minimum Gasteiger partial charge on any atom is -0.508 e. The summed E-state index contributed by atoms with van der Waals surface area (Å²) in [5.74, 6) is -2.31. The van der Waals surface area contributed by atoms with Gasteiger partial charge in [-0.1, -0.05) is 12.1 Å². The average molecular weight is 552 g/mol. The van der Waals surface area contributed by atoms with Gasteiger partial charge in [-0.05, 0) is 37.0 Å². The van der Waals surface area contributed by atoms with E-state index in [9.17, 15) is 50.8 Å². The third-order valence-electron chi connectivity index (χ3n) is 7.23. The van der Waals surface area contributed by atoms with Crippen LogP contribution in [-0.2, 0) is 16.0 Å². The van der Waals surface area contributed by atoms with Crippen molar-refractivity contribution in [3.63, 3.8) is 0 Å². The van der Waals surface area contributed by atoms with E-state index >= 15 is 0 Å². The smallest absolute Gasteiger partial charge is 0.323 e. The van der Waals surface area contributed by atoms with Crippen LogP contribution in [0.1, 0.15) is 30.0 Å². The highest BCUT2D eigenvalue weighted by molar-refractivity contribution is 5.75. The van der Waals surface area contributed by atoms with Crippen LogP contribution < -0.4 is 4.74 Å². The van der Waals surface area contributed by atoms with E-state index in [2.05, 4.69) is 0 Å². The summed E-state index contributed by atoms with van der Waals surface area (Å²) in [4.78, 5) is 13.6. The van der Waals surface area contributed by atoms with E-state index in [1.807, 2.05) is 0 Å². The Morgan fingerprint density at radius 1 is 1.00 bits per heavy atom. The number of nitrogens with zero attached hydrogens (tertiary/aromatic N) is 1. The number of aryl methyl sites for hydroxylation is 1. The highest BCUT2D eigenvalue weighted by atomic mass is 16.7. The lowest BCUT2D eigenvalue weighted by Gasteiger charge is -2.40. The van der Waals surface area contributed by atoms with Crippen molar-refractivity contribution in [3.8, 4) is 23.0 Å². The predicted molar refractivity (Wildman–Crippen MR) is 132 cm³/mol. The lowest BCUT2D eigenvalue weighted by molar-refractivity contribution is -0.277. The molecule has 2 unspecified atom stereocenters. The van der Waals surface area contributed by atoms with Gasteiger partial charge in [-0.3, -0.25) is 9.69 Å². The first-order valence-corrected chi connectivity index (χ1v) is 12.5. The molecule has 0 saturated carbocycles. The van der Waals surface area contributed by atoms with Gasteiger partial charge in [0.05, 0.1) is 18.3 Å². The molecule has 2 heterocycles. The van der Waals surface area contributed by atoms with E-state index < -0.39 is 73.0 Å². The second-order valence-corrected chi connectivity index (χ2v) is 9.79. The SMILES string of the molecule is O=C(O)[C@@H]1C(O)CCN1C(CCc1ccc(O)cc1)c1c(O)cc(O)cc1O[C@@H]1O[C@H](CO)[C@@H](O)[C@H](O)[C@H]1O. The minimum absolute atomic E-state index is 0.0314. The van der Waals surface area contributed by atoms with E-state index in [4.69, 9.17) is 9.47 Å². The van der Waals surface area contributed by atoms with Crippen LogP contribution >= 0.6 is 0 Å². The second-order valence-electron chi connectivity index (χ2n) is 9.79. The van der Waals surface area contributed by atoms with Crippen LogP contribution in [-0.4, -0.2) is 113 Å². The van der Waals surface area contributed by atoms with Crippen LogP contribution in [0.4, 0.5) is 0 Å². The Balaban J connectivity index is 1.74. The van der Waals surface area contributed by atoms with Crippen LogP contribution in [0.15, 0.2) is 36.4 Å². The molecule has 0 bridgehead atoms. The zero-order valence-electron chi connectivity index (χ0n) is 20.8. The molecule has 0 aromatic heterocycles. The molecule has 2 aliphatic heterocycles. The first-order chi connectivity index (χ1) is 18.5. The molecule has 9 N–H and O–H groups in total. The molecular weight excluding hydrogens is 518 g/mol. The molecule has 4 rings (SSSR count). The molecule has 8 atom stereocenters. The van der Waals surface area contributed by atoms with Crippen LogP contribution in [0.3, 0.4) is 0 Å². The summed E-state index contributed by atoms with van der Waals surface area (Å²) in [6.07, 6.45) is -8.57. The van der Waals surface area contributed by atoms with E-state index in [1.165, 1.54) is 17.0 Å². The van der Waals surface area contributed by atoms with Gasteiger partial charge in [0.2, 0.25) is 6.29 Å². The minimum atomic E-state index is -1.78. The van der Waals surface area contributed by atoms with Gasteiger partial charge < -0.3 is 55.4 Å². The van der Waals surface area contributed by atoms with Gasteiger partial charge in [-0.15, -0.1) is 0 Å². The molecular formula is C26H33NO12. The number of aromatic hydroxyl groups is 3. The molecule has 0 amide bonds. The van der Waals surface area contributed by atoms with E-state index in [0.717, 1.165) is 17.7 Å². The molecule has 13 nitrogen and oxygen atoms in total. The van der Waals surface area contributed by atoms with Crippen molar-refractivity contribution >= 4 is 5.97 Å². The van der Waals surface area contributed by atoms with Gasteiger partial charge >= 0.3 is 5.97 Å². The molecule has 214 valence electrons. The van der Waals surface area contributed by atoms with Crippen molar-refractivity contribution < 1.29 is 60.2 Å². The number of hydrogen-bond donors (Lipinski definition) is 9. The number of carboxylic acid groups (broad SMARTS) is 1. The Kier molecular flexibility index (Phi) is 8.81. The van der Waals surface area contributed by atoms with Crippen molar-refractivity contribution in [2.75, 3.05) is 13.2 Å². The Bertz CT molecular complexity index is 1140. The highest BCUT2D eigenvalue weighted by Gasteiger charge is 2.46. The number of aliphatic hydroxyl groups is 5. The standard InChI is InChI=1S/C26H33NO12/c28-11-19-22(33)23(34)24(35)26(39-19)38-18-10-14(30)9-17(32)20(18)15(6-3-12-1-4-13(29)5-2-12)27-8-7-16(31)21(27)25(36)37/h1-2,4-5,9-10,15-16,19,21-24,26,28-35H,3,6-8,11H2,(H,36,37)/t15?,16?,19-,21+,22-,23+,24-,26-/m1/s1. The van der Waals surface area contributed by atoms with E-state index in [1.54, 1.807) is 12.1 Å². The molecule has 2 aromatic rings. The quantitative estimate of drug-likeness (QED) is 0.186. The number of phenolic OH excluding ortho intramolecular Hbond substituents is 3. The van der Waals surface area contributed by atoms with Crippen LogP contribution in [0.2, 0.25) is 0 Å². The fraction of sp³-hybridized carbons (Fsp3) is 0.500. The summed E-state index contributed by atoms with van der Waals surface area (Å²) in [5, 5.41) is 91.3. The molecule has 0 spiro atoms. The lowest BCUT2D eigenvalue weighted by Crippen LogP contribution is -2.60. The molecule has 39 heavy (non-hydrogen) atoms. The van der Waals surface area contributed by atoms with Gasteiger partial charge in [0.1, 0.15) is 53.5 Å². The summed E-state index contributed by atoms with van der Waals surface area (Å²) >= 11 is 0. The molecule has 2 fully saturated rings. The van der Waals surface area contributed by atoms with Crippen LogP contribution in [0, 0.1) is 0 Å². The maximum absolute atomic E-state index is 12.1. The zero-order valence-corrected chi connectivity index (χ0v) is 20.8. The molecule has 2 saturated heterocycles. The molecule has 2 aliphatic rings. The summed E-state index contributed by atoms with van der Waals surface area (Å²) in [5.41, 5.74) is 0.822. The number of benzene rings is 2. The summed E-state index contributed by atoms with van der Waals surface area (Å²) in [6.45, 7) is -0.553. The van der Waals surface area contributed by atoms with Crippen molar-refractivity contribution in [2.45, 2.75) is 68.2 Å². The number of carboxylic acids is 1. The monoisotopic (exact) mass is 551 g/mol. The largest absolute Gasteiger partial charge is 0.508 e. The fourth-order valence-electron chi connectivity index (χ4n) is 5.22. The van der Waals surface area contributed by atoms with E-state index in [-0.39, 0.29) is 36.4 Å². The first-order valence-electron chi connectivity index (χ1n) is 12.5. The number of aliphatic carboxylic acids is 1. The van der Waals surface area contributed by atoms with Crippen LogP contribution in [0.25, 0.3) is 0 Å². The number of rotatable bonds is 9. The fourth-order valence-corrected chi connectivity index (χ4v) is 5.22. The average Bonchev–Trinajstić information content (AvgIpc) is 3.28. The van der Waals surface area contributed by atoms with Crippen molar-refractivity contribution in [2.24, 2.45) is 0 Å². The van der Waals surface area contributed by atoms with Crippen LogP contribution in [0.5, 0.6) is 23.0 Å². The highest BCUT2D eigenvalue weighted by Crippen LogP contribution is 2.45. The van der Waals surface area contributed by atoms with Gasteiger partial charge in [0.15, 0.2) is 0 Å². The molecule has 2 aromatic carbocycles. The number of likely N-dealkylation sites (tertiary alicyclic amines) is 1. The van der Waals surface area contributed by atoms with Gasteiger partial charge in [-0.25, -0.2) is 0 Å². The molecule has 0 aliphatic carbocycles. The maximum Gasteiger partial charge on any atom is 0.323 e. The zero-order chi connectivity index (χ0) is 28.4. The number of hydrogen-bond acceptors (Lipinski definition) is 12.